The number of nitrogens with one attached hydrogen (secondary N) is 1. The fraction of sp³-hybridized carbons (Fsp3) is 0.625. The van der Waals surface area contributed by atoms with E-state index in [-0.39, 0.29) is 5.82 Å². The SMILES string of the molecule is CC(C)C1CCCC(Nc2ccc(F)cc2I)CC1. The maximum Gasteiger partial charge on any atom is 0.124 e. The first-order valence-corrected chi connectivity index (χ1v) is 8.35. The zero-order valence-electron chi connectivity index (χ0n) is 11.8. The van der Waals surface area contributed by atoms with Crippen LogP contribution >= 0.6 is 22.6 Å². The first kappa shape index (κ1) is 15.1. The van der Waals surface area contributed by atoms with E-state index in [1.54, 1.807) is 6.07 Å². The Morgan fingerprint density at radius 2 is 2.00 bits per heavy atom. The highest BCUT2D eigenvalue weighted by molar-refractivity contribution is 14.1. The van der Waals surface area contributed by atoms with Gasteiger partial charge in [-0.05, 0) is 71.9 Å². The van der Waals surface area contributed by atoms with Crippen LogP contribution in [0.15, 0.2) is 18.2 Å². The van der Waals surface area contributed by atoms with Crippen LogP contribution in [-0.2, 0) is 0 Å². The third kappa shape index (κ3) is 4.33. The lowest BCUT2D eigenvalue weighted by molar-refractivity contribution is 0.341. The molecule has 2 rings (SSSR count). The molecular formula is C16H23FIN. The monoisotopic (exact) mass is 375 g/mol. The molecule has 0 heterocycles. The van der Waals surface area contributed by atoms with Crippen LogP contribution in [0.5, 0.6) is 0 Å². The molecule has 0 radical (unpaired) electrons. The summed E-state index contributed by atoms with van der Waals surface area (Å²) in [6.45, 7) is 4.67. The third-order valence-corrected chi connectivity index (χ3v) is 5.14. The Labute approximate surface area is 129 Å². The lowest BCUT2D eigenvalue weighted by atomic mass is 9.89. The van der Waals surface area contributed by atoms with Gasteiger partial charge in [-0.1, -0.05) is 26.7 Å². The van der Waals surface area contributed by atoms with E-state index in [0.717, 1.165) is 21.1 Å². The molecule has 1 aliphatic rings. The quantitative estimate of drug-likeness (QED) is 0.548. The summed E-state index contributed by atoms with van der Waals surface area (Å²) in [7, 11) is 0. The molecule has 3 heteroatoms. The highest BCUT2D eigenvalue weighted by Gasteiger charge is 2.21. The van der Waals surface area contributed by atoms with Crippen molar-refractivity contribution in [1.29, 1.82) is 0 Å². The van der Waals surface area contributed by atoms with Gasteiger partial charge in [0.2, 0.25) is 0 Å². The fourth-order valence-corrected chi connectivity index (χ4v) is 3.60. The molecule has 0 aliphatic heterocycles. The second-order valence-electron chi connectivity index (χ2n) is 5.98. The zero-order chi connectivity index (χ0) is 13.8. The van der Waals surface area contributed by atoms with Crippen molar-refractivity contribution in [2.24, 2.45) is 11.8 Å². The Morgan fingerprint density at radius 1 is 1.21 bits per heavy atom. The van der Waals surface area contributed by atoms with Crippen molar-refractivity contribution in [3.8, 4) is 0 Å². The molecule has 2 atom stereocenters. The Kier molecular flexibility index (Phi) is 5.48. The molecule has 1 nitrogen and oxygen atoms in total. The predicted octanol–water partition coefficient (Wildman–Crippen LogP) is 5.45. The van der Waals surface area contributed by atoms with Crippen molar-refractivity contribution in [3.05, 3.63) is 27.6 Å². The Morgan fingerprint density at radius 3 is 2.68 bits per heavy atom. The summed E-state index contributed by atoms with van der Waals surface area (Å²) in [6, 6.07) is 5.54. The molecule has 19 heavy (non-hydrogen) atoms. The summed E-state index contributed by atoms with van der Waals surface area (Å²) in [4.78, 5) is 0. The van der Waals surface area contributed by atoms with Gasteiger partial charge in [-0.25, -0.2) is 4.39 Å². The lowest BCUT2D eigenvalue weighted by Crippen LogP contribution is -2.19. The molecule has 0 bridgehead atoms. The third-order valence-electron chi connectivity index (χ3n) is 4.25. The van der Waals surface area contributed by atoms with Gasteiger partial charge in [-0.3, -0.25) is 0 Å². The van der Waals surface area contributed by atoms with Gasteiger partial charge in [0.1, 0.15) is 5.82 Å². The lowest BCUT2D eigenvalue weighted by Gasteiger charge is -2.20. The molecule has 1 N–H and O–H groups in total. The van der Waals surface area contributed by atoms with E-state index in [4.69, 9.17) is 0 Å². The number of rotatable bonds is 3. The van der Waals surface area contributed by atoms with E-state index in [1.807, 2.05) is 6.07 Å². The summed E-state index contributed by atoms with van der Waals surface area (Å²) >= 11 is 2.20. The summed E-state index contributed by atoms with van der Waals surface area (Å²) in [5.74, 6) is 1.51. The standard InChI is InChI=1S/C16H23FIN/c1-11(2)12-4-3-5-14(8-6-12)19-16-9-7-13(17)10-15(16)18/h7,9-12,14,19H,3-6,8H2,1-2H3. The molecule has 1 fully saturated rings. The molecule has 0 amide bonds. The average molecular weight is 375 g/mol. The number of benzene rings is 1. The first-order chi connectivity index (χ1) is 9.06. The minimum atomic E-state index is -0.157. The second-order valence-corrected chi connectivity index (χ2v) is 7.14. The Bertz CT molecular complexity index is 419. The number of hydrogen-bond donors (Lipinski definition) is 1. The molecule has 2 unspecified atom stereocenters. The van der Waals surface area contributed by atoms with Crippen LogP contribution in [-0.4, -0.2) is 6.04 Å². The van der Waals surface area contributed by atoms with Crippen molar-refractivity contribution in [3.63, 3.8) is 0 Å². The normalized spacial score (nSPS) is 24.3. The van der Waals surface area contributed by atoms with Crippen LogP contribution in [0.2, 0.25) is 0 Å². The second kappa shape index (κ2) is 6.91. The Balaban J connectivity index is 1.96. The van der Waals surface area contributed by atoms with E-state index in [1.165, 1.54) is 38.2 Å². The van der Waals surface area contributed by atoms with Gasteiger partial charge in [0.25, 0.3) is 0 Å². The van der Waals surface area contributed by atoms with Crippen molar-refractivity contribution in [2.75, 3.05) is 5.32 Å². The van der Waals surface area contributed by atoms with Crippen molar-refractivity contribution < 1.29 is 4.39 Å². The van der Waals surface area contributed by atoms with Crippen LogP contribution in [0.1, 0.15) is 46.0 Å². The van der Waals surface area contributed by atoms with E-state index in [0.29, 0.717) is 6.04 Å². The summed E-state index contributed by atoms with van der Waals surface area (Å²) in [5.41, 5.74) is 1.08. The molecule has 0 saturated heterocycles. The van der Waals surface area contributed by atoms with Crippen LogP contribution in [0.25, 0.3) is 0 Å². The number of halogens is 2. The van der Waals surface area contributed by atoms with Gasteiger partial charge in [-0.15, -0.1) is 0 Å². The molecule has 1 saturated carbocycles. The van der Waals surface area contributed by atoms with Crippen molar-refractivity contribution in [1.82, 2.24) is 0 Å². The van der Waals surface area contributed by atoms with E-state index in [9.17, 15) is 4.39 Å². The zero-order valence-corrected chi connectivity index (χ0v) is 13.9. The van der Waals surface area contributed by atoms with Gasteiger partial charge in [0.05, 0.1) is 0 Å². The predicted molar refractivity (Wildman–Crippen MR) is 87.9 cm³/mol. The molecule has 0 aromatic heterocycles. The van der Waals surface area contributed by atoms with Crippen molar-refractivity contribution >= 4 is 28.3 Å². The van der Waals surface area contributed by atoms with Gasteiger partial charge in [-0.2, -0.15) is 0 Å². The summed E-state index contributed by atoms with van der Waals surface area (Å²) < 4.78 is 14.1. The fourth-order valence-electron chi connectivity index (χ4n) is 2.97. The van der Waals surface area contributed by atoms with Crippen LogP contribution in [0.4, 0.5) is 10.1 Å². The highest BCUT2D eigenvalue weighted by atomic mass is 127. The van der Waals surface area contributed by atoms with E-state index in [2.05, 4.69) is 41.8 Å². The van der Waals surface area contributed by atoms with Crippen LogP contribution < -0.4 is 5.32 Å². The van der Waals surface area contributed by atoms with Gasteiger partial charge < -0.3 is 5.32 Å². The van der Waals surface area contributed by atoms with Crippen LogP contribution in [0, 0.1) is 21.2 Å². The molecule has 1 aromatic rings. The molecule has 0 spiro atoms. The minimum absolute atomic E-state index is 0.157. The van der Waals surface area contributed by atoms with E-state index < -0.39 is 0 Å². The van der Waals surface area contributed by atoms with Crippen LogP contribution in [0.3, 0.4) is 0 Å². The van der Waals surface area contributed by atoms with Gasteiger partial charge in [0, 0.05) is 15.3 Å². The smallest absolute Gasteiger partial charge is 0.124 e. The number of hydrogen-bond acceptors (Lipinski definition) is 1. The summed E-state index contributed by atoms with van der Waals surface area (Å²) in [6.07, 6.45) is 6.44. The average Bonchev–Trinajstić information content (AvgIpc) is 2.58. The largest absolute Gasteiger partial charge is 0.381 e. The Hall–Kier alpha value is -0.320. The molecular weight excluding hydrogens is 352 g/mol. The minimum Gasteiger partial charge on any atom is -0.381 e. The van der Waals surface area contributed by atoms with Gasteiger partial charge >= 0.3 is 0 Å². The topological polar surface area (TPSA) is 12.0 Å². The molecule has 1 aromatic carbocycles. The molecule has 1 aliphatic carbocycles. The van der Waals surface area contributed by atoms with E-state index >= 15 is 0 Å². The van der Waals surface area contributed by atoms with Gasteiger partial charge in [0.15, 0.2) is 0 Å². The highest BCUT2D eigenvalue weighted by Crippen LogP contribution is 2.31. The maximum atomic E-state index is 13.1. The molecule has 106 valence electrons. The maximum absolute atomic E-state index is 13.1. The first-order valence-electron chi connectivity index (χ1n) is 7.28. The number of anilines is 1. The van der Waals surface area contributed by atoms with Crippen molar-refractivity contribution in [2.45, 2.75) is 52.0 Å². The summed E-state index contributed by atoms with van der Waals surface area (Å²) in [5, 5.41) is 3.60.